The van der Waals surface area contributed by atoms with Crippen LogP contribution in [0.3, 0.4) is 0 Å². The Bertz CT molecular complexity index is 258. The van der Waals surface area contributed by atoms with Crippen LogP contribution in [0.4, 0.5) is 4.79 Å². The summed E-state index contributed by atoms with van der Waals surface area (Å²) in [5.41, 5.74) is 5.58. The minimum Gasteiger partial charge on any atom is -0.444 e. The Hall–Kier alpha value is -0.770. The van der Waals surface area contributed by atoms with Gasteiger partial charge in [0.15, 0.2) is 0 Å². The van der Waals surface area contributed by atoms with Gasteiger partial charge in [-0.25, -0.2) is 4.79 Å². The van der Waals surface area contributed by atoms with E-state index in [1.54, 1.807) is 4.90 Å². The van der Waals surface area contributed by atoms with Gasteiger partial charge in [-0.2, -0.15) is 0 Å². The van der Waals surface area contributed by atoms with E-state index in [-0.39, 0.29) is 18.2 Å². The monoisotopic (exact) mass is 228 g/mol. The quantitative estimate of drug-likeness (QED) is 0.746. The van der Waals surface area contributed by atoms with Gasteiger partial charge in [0.25, 0.3) is 0 Å². The molecule has 94 valence electrons. The Morgan fingerprint density at radius 1 is 1.44 bits per heavy atom. The van der Waals surface area contributed by atoms with Gasteiger partial charge in [0.1, 0.15) is 5.60 Å². The van der Waals surface area contributed by atoms with Crippen molar-refractivity contribution in [1.82, 2.24) is 4.90 Å². The maximum atomic E-state index is 12.0. The zero-order valence-corrected chi connectivity index (χ0v) is 11.0. The van der Waals surface area contributed by atoms with E-state index in [4.69, 9.17) is 10.5 Å². The van der Waals surface area contributed by atoms with Crippen LogP contribution in [-0.2, 0) is 4.74 Å². The summed E-state index contributed by atoms with van der Waals surface area (Å²) in [5, 5.41) is 0. The Morgan fingerprint density at radius 3 is 2.44 bits per heavy atom. The second kappa shape index (κ2) is 4.62. The number of hydrogen-bond acceptors (Lipinski definition) is 3. The van der Waals surface area contributed by atoms with Crippen LogP contribution in [0.5, 0.6) is 0 Å². The molecule has 0 aromatic heterocycles. The molecule has 0 saturated carbocycles. The molecule has 1 aliphatic heterocycles. The van der Waals surface area contributed by atoms with Crippen molar-refractivity contribution in [2.45, 2.75) is 58.7 Å². The van der Waals surface area contributed by atoms with E-state index in [1.807, 2.05) is 20.8 Å². The van der Waals surface area contributed by atoms with Crippen LogP contribution in [0.2, 0.25) is 0 Å². The van der Waals surface area contributed by atoms with Crippen LogP contribution >= 0.6 is 0 Å². The van der Waals surface area contributed by atoms with Gasteiger partial charge in [-0.05, 0) is 33.1 Å². The van der Waals surface area contributed by atoms with Gasteiger partial charge < -0.3 is 15.4 Å². The fraction of sp³-hybridized carbons (Fsp3) is 0.917. The molecule has 0 aromatic rings. The first-order chi connectivity index (χ1) is 7.22. The van der Waals surface area contributed by atoms with Crippen molar-refractivity contribution in [3.63, 3.8) is 0 Å². The van der Waals surface area contributed by atoms with E-state index in [2.05, 4.69) is 13.8 Å². The molecule has 4 heteroatoms. The number of hydrogen-bond donors (Lipinski definition) is 1. The number of ether oxygens (including phenoxy) is 1. The second-order valence-corrected chi connectivity index (χ2v) is 5.86. The molecule has 2 atom stereocenters. The second-order valence-electron chi connectivity index (χ2n) is 5.86. The topological polar surface area (TPSA) is 55.6 Å². The SMILES string of the molecule is CC(C)C1C(N)CCN1C(=O)OC(C)(C)C. The van der Waals surface area contributed by atoms with E-state index in [0.29, 0.717) is 12.5 Å². The molecular weight excluding hydrogens is 204 g/mol. The number of carbonyl (C=O) groups excluding carboxylic acids is 1. The number of nitrogens with zero attached hydrogens (tertiary/aromatic N) is 1. The zero-order chi connectivity index (χ0) is 12.5. The molecule has 1 heterocycles. The highest BCUT2D eigenvalue weighted by Gasteiger charge is 2.38. The number of nitrogens with two attached hydrogens (primary N) is 1. The maximum Gasteiger partial charge on any atom is 0.410 e. The maximum absolute atomic E-state index is 12.0. The Kier molecular flexibility index (Phi) is 3.84. The predicted octanol–water partition coefficient (Wildman–Crippen LogP) is 1.98. The van der Waals surface area contributed by atoms with Crippen molar-refractivity contribution < 1.29 is 9.53 Å². The van der Waals surface area contributed by atoms with Crippen molar-refractivity contribution in [3.8, 4) is 0 Å². The van der Waals surface area contributed by atoms with Gasteiger partial charge in [-0.3, -0.25) is 0 Å². The van der Waals surface area contributed by atoms with E-state index < -0.39 is 5.60 Å². The summed E-state index contributed by atoms with van der Waals surface area (Å²) in [6.07, 6.45) is 0.626. The lowest BCUT2D eigenvalue weighted by Gasteiger charge is -2.32. The first-order valence-corrected chi connectivity index (χ1v) is 5.97. The largest absolute Gasteiger partial charge is 0.444 e. The minimum atomic E-state index is -0.439. The van der Waals surface area contributed by atoms with Crippen LogP contribution in [0.15, 0.2) is 0 Å². The first-order valence-electron chi connectivity index (χ1n) is 5.97. The van der Waals surface area contributed by atoms with E-state index in [0.717, 1.165) is 6.42 Å². The molecular formula is C12H24N2O2. The van der Waals surface area contributed by atoms with E-state index in [1.165, 1.54) is 0 Å². The third-order valence-electron chi connectivity index (χ3n) is 2.81. The van der Waals surface area contributed by atoms with Crippen LogP contribution in [0.1, 0.15) is 41.0 Å². The molecule has 0 aliphatic carbocycles. The van der Waals surface area contributed by atoms with Crippen LogP contribution in [0.25, 0.3) is 0 Å². The summed E-state index contributed by atoms with van der Waals surface area (Å²) in [6, 6.07) is 0.183. The molecule has 1 amide bonds. The van der Waals surface area contributed by atoms with Crippen molar-refractivity contribution in [3.05, 3.63) is 0 Å². The molecule has 2 N–H and O–H groups in total. The molecule has 4 nitrogen and oxygen atoms in total. The summed E-state index contributed by atoms with van der Waals surface area (Å²) in [6.45, 7) is 10.5. The predicted molar refractivity (Wildman–Crippen MR) is 64.2 cm³/mol. The summed E-state index contributed by atoms with van der Waals surface area (Å²) in [4.78, 5) is 13.7. The molecule has 1 rings (SSSR count). The molecule has 16 heavy (non-hydrogen) atoms. The van der Waals surface area contributed by atoms with Crippen molar-refractivity contribution >= 4 is 6.09 Å². The minimum absolute atomic E-state index is 0.0764. The van der Waals surface area contributed by atoms with Gasteiger partial charge in [-0.1, -0.05) is 13.8 Å². The lowest BCUT2D eigenvalue weighted by Crippen LogP contribution is -2.47. The van der Waals surface area contributed by atoms with E-state index in [9.17, 15) is 4.79 Å². The fourth-order valence-electron chi connectivity index (χ4n) is 2.23. The number of amides is 1. The average molecular weight is 228 g/mol. The Balaban J connectivity index is 2.69. The average Bonchev–Trinajstić information content (AvgIpc) is 2.43. The molecule has 0 radical (unpaired) electrons. The Morgan fingerprint density at radius 2 is 2.00 bits per heavy atom. The third-order valence-corrected chi connectivity index (χ3v) is 2.81. The van der Waals surface area contributed by atoms with Crippen LogP contribution < -0.4 is 5.73 Å². The van der Waals surface area contributed by atoms with Gasteiger partial charge in [0.05, 0.1) is 6.04 Å². The lowest BCUT2D eigenvalue weighted by molar-refractivity contribution is 0.0182. The molecule has 1 fully saturated rings. The molecule has 2 unspecified atom stereocenters. The van der Waals surface area contributed by atoms with E-state index >= 15 is 0 Å². The lowest BCUT2D eigenvalue weighted by atomic mass is 9.98. The summed E-state index contributed by atoms with van der Waals surface area (Å²) in [7, 11) is 0. The molecule has 0 aromatic carbocycles. The highest BCUT2D eigenvalue weighted by molar-refractivity contribution is 5.69. The van der Waals surface area contributed by atoms with Crippen molar-refractivity contribution in [2.75, 3.05) is 6.54 Å². The third kappa shape index (κ3) is 3.11. The van der Waals surface area contributed by atoms with Gasteiger partial charge in [-0.15, -0.1) is 0 Å². The number of carbonyl (C=O) groups is 1. The highest BCUT2D eigenvalue weighted by Crippen LogP contribution is 2.25. The number of rotatable bonds is 1. The summed E-state index contributed by atoms with van der Waals surface area (Å²) in [5.74, 6) is 0.366. The van der Waals surface area contributed by atoms with Crippen LogP contribution in [-0.4, -0.2) is 35.2 Å². The molecule has 0 spiro atoms. The van der Waals surface area contributed by atoms with Gasteiger partial charge >= 0.3 is 6.09 Å². The van der Waals surface area contributed by atoms with Crippen molar-refractivity contribution in [1.29, 1.82) is 0 Å². The Labute approximate surface area is 98.1 Å². The standard InChI is InChI=1S/C12H24N2O2/c1-8(2)10-9(13)6-7-14(10)11(15)16-12(3,4)5/h8-10H,6-7,13H2,1-5H3. The molecule has 0 bridgehead atoms. The highest BCUT2D eigenvalue weighted by atomic mass is 16.6. The molecule has 1 saturated heterocycles. The van der Waals surface area contributed by atoms with Gasteiger partial charge in [0.2, 0.25) is 0 Å². The summed E-state index contributed by atoms with van der Waals surface area (Å²) < 4.78 is 5.38. The van der Waals surface area contributed by atoms with Crippen LogP contribution in [0, 0.1) is 5.92 Å². The fourth-order valence-corrected chi connectivity index (χ4v) is 2.23. The summed E-state index contributed by atoms with van der Waals surface area (Å²) >= 11 is 0. The number of likely N-dealkylation sites (tertiary alicyclic amines) is 1. The van der Waals surface area contributed by atoms with Crippen molar-refractivity contribution in [2.24, 2.45) is 11.7 Å². The molecule has 1 aliphatic rings. The smallest absolute Gasteiger partial charge is 0.410 e. The first kappa shape index (κ1) is 13.3. The zero-order valence-electron chi connectivity index (χ0n) is 11.0. The van der Waals surface area contributed by atoms with Gasteiger partial charge in [0, 0.05) is 12.6 Å². The normalized spacial score (nSPS) is 26.3.